The lowest BCUT2D eigenvalue weighted by molar-refractivity contribution is -0.126. The number of halogens is 1. The van der Waals surface area contributed by atoms with Crippen molar-refractivity contribution in [3.63, 3.8) is 0 Å². The van der Waals surface area contributed by atoms with Crippen molar-refractivity contribution in [2.24, 2.45) is 11.3 Å². The summed E-state index contributed by atoms with van der Waals surface area (Å²) < 4.78 is 0. The van der Waals surface area contributed by atoms with Crippen molar-refractivity contribution in [3.8, 4) is 0 Å². The first-order valence-electron chi connectivity index (χ1n) is 9.20. The van der Waals surface area contributed by atoms with E-state index in [4.69, 9.17) is 11.6 Å². The van der Waals surface area contributed by atoms with Crippen LogP contribution in [0.15, 0.2) is 24.4 Å². The Morgan fingerprint density at radius 3 is 2.65 bits per heavy atom. The second-order valence-corrected chi connectivity index (χ2v) is 9.10. The van der Waals surface area contributed by atoms with Crippen LogP contribution < -0.4 is 10.2 Å². The molecular formula is C20H22ClN3O2. The van der Waals surface area contributed by atoms with Crippen molar-refractivity contribution in [2.45, 2.75) is 38.2 Å². The second-order valence-electron chi connectivity index (χ2n) is 8.69. The molecular weight excluding hydrogens is 350 g/mol. The third kappa shape index (κ3) is 2.74. The number of aliphatic hydroxyl groups is 1. The molecule has 5 nitrogen and oxygen atoms in total. The standard InChI is InChI=1S/C20H22ClN3O2/c1-19(26)8-20(9-19)10-24(11-20)16-5-13-6-17(23-18(25)12-2-3-12)22-7-14(13)4-15(16)21/h4-7,12,26H,2-3,8-11H2,1H3,(H,22,23,25). The van der Waals surface area contributed by atoms with Gasteiger partial charge in [0, 0.05) is 36.0 Å². The first-order chi connectivity index (χ1) is 12.3. The second kappa shape index (κ2) is 5.33. The fourth-order valence-corrected chi connectivity index (χ4v) is 5.05. The van der Waals surface area contributed by atoms with Crippen molar-refractivity contribution in [1.29, 1.82) is 0 Å². The Labute approximate surface area is 157 Å². The average Bonchev–Trinajstić information content (AvgIpc) is 3.34. The van der Waals surface area contributed by atoms with E-state index >= 15 is 0 Å². The van der Waals surface area contributed by atoms with E-state index in [1.807, 2.05) is 19.1 Å². The molecule has 2 saturated carbocycles. The first kappa shape index (κ1) is 16.3. The molecule has 1 aromatic carbocycles. The fraction of sp³-hybridized carbons (Fsp3) is 0.500. The molecule has 3 fully saturated rings. The Morgan fingerprint density at radius 2 is 2.00 bits per heavy atom. The number of amides is 1. The maximum absolute atomic E-state index is 12.0. The highest BCUT2D eigenvalue weighted by Gasteiger charge is 2.57. The zero-order chi connectivity index (χ0) is 18.1. The third-order valence-corrected chi connectivity index (χ3v) is 6.19. The fourth-order valence-electron chi connectivity index (χ4n) is 4.76. The molecule has 0 radical (unpaired) electrons. The number of anilines is 2. The van der Waals surface area contributed by atoms with Crippen LogP contribution in [0.1, 0.15) is 32.6 Å². The van der Waals surface area contributed by atoms with E-state index in [9.17, 15) is 9.90 Å². The summed E-state index contributed by atoms with van der Waals surface area (Å²) in [5, 5.41) is 15.6. The molecule has 26 heavy (non-hydrogen) atoms. The smallest absolute Gasteiger partial charge is 0.228 e. The molecule has 136 valence electrons. The number of hydrogen-bond acceptors (Lipinski definition) is 4. The normalized spacial score (nSPS) is 22.8. The first-order valence-corrected chi connectivity index (χ1v) is 9.58. The average molecular weight is 372 g/mol. The monoisotopic (exact) mass is 371 g/mol. The summed E-state index contributed by atoms with van der Waals surface area (Å²) >= 11 is 6.51. The van der Waals surface area contributed by atoms with Gasteiger partial charge in [0.15, 0.2) is 0 Å². The van der Waals surface area contributed by atoms with E-state index in [0.717, 1.165) is 60.3 Å². The molecule has 1 aliphatic heterocycles. The van der Waals surface area contributed by atoms with Gasteiger partial charge in [0.25, 0.3) is 0 Å². The van der Waals surface area contributed by atoms with Gasteiger partial charge in [-0.3, -0.25) is 4.79 Å². The Balaban J connectivity index is 1.38. The van der Waals surface area contributed by atoms with Gasteiger partial charge >= 0.3 is 0 Å². The quantitative estimate of drug-likeness (QED) is 0.865. The topological polar surface area (TPSA) is 65.5 Å². The third-order valence-electron chi connectivity index (χ3n) is 5.89. The number of pyridine rings is 1. The number of hydrogen-bond donors (Lipinski definition) is 2. The molecule has 1 aromatic heterocycles. The Morgan fingerprint density at radius 1 is 1.27 bits per heavy atom. The summed E-state index contributed by atoms with van der Waals surface area (Å²) in [4.78, 5) is 18.6. The molecule has 1 amide bonds. The SMILES string of the molecule is CC1(O)CC2(CN(c3cc4cc(NC(=O)C5CC5)ncc4cc3Cl)C2)C1. The molecule has 1 spiro atoms. The molecule has 2 aliphatic carbocycles. The number of nitrogens with one attached hydrogen (secondary N) is 1. The minimum Gasteiger partial charge on any atom is -0.390 e. The molecule has 1 saturated heterocycles. The highest BCUT2D eigenvalue weighted by Crippen LogP contribution is 2.55. The molecule has 0 bridgehead atoms. The van der Waals surface area contributed by atoms with E-state index in [0.29, 0.717) is 5.82 Å². The van der Waals surface area contributed by atoms with Gasteiger partial charge in [-0.15, -0.1) is 0 Å². The van der Waals surface area contributed by atoms with Crippen LogP contribution in [0.2, 0.25) is 5.02 Å². The lowest BCUT2D eigenvalue weighted by Gasteiger charge is -2.62. The van der Waals surface area contributed by atoms with Crippen LogP contribution in [-0.4, -0.2) is 34.7 Å². The number of carbonyl (C=O) groups excluding carboxylic acids is 1. The summed E-state index contributed by atoms with van der Waals surface area (Å²) in [6, 6.07) is 5.93. The van der Waals surface area contributed by atoms with Crippen LogP contribution in [0.4, 0.5) is 11.5 Å². The van der Waals surface area contributed by atoms with E-state index in [2.05, 4.69) is 21.3 Å². The number of carbonyl (C=O) groups is 1. The number of fused-ring (bicyclic) bond motifs is 1. The van der Waals surface area contributed by atoms with E-state index in [1.54, 1.807) is 6.20 Å². The van der Waals surface area contributed by atoms with Crippen LogP contribution in [-0.2, 0) is 4.79 Å². The van der Waals surface area contributed by atoms with Gasteiger partial charge in [-0.25, -0.2) is 4.98 Å². The number of aromatic nitrogens is 1. The van der Waals surface area contributed by atoms with Gasteiger partial charge in [-0.1, -0.05) is 11.6 Å². The van der Waals surface area contributed by atoms with Gasteiger partial charge in [0.1, 0.15) is 5.82 Å². The molecule has 2 N–H and O–H groups in total. The van der Waals surface area contributed by atoms with Gasteiger partial charge in [0.05, 0.1) is 16.3 Å². The summed E-state index contributed by atoms with van der Waals surface area (Å²) in [6.45, 7) is 3.78. The largest absolute Gasteiger partial charge is 0.390 e. The molecule has 0 atom stereocenters. The maximum Gasteiger partial charge on any atom is 0.228 e. The zero-order valence-electron chi connectivity index (χ0n) is 14.8. The van der Waals surface area contributed by atoms with E-state index < -0.39 is 5.60 Å². The van der Waals surface area contributed by atoms with Crippen LogP contribution in [0.3, 0.4) is 0 Å². The summed E-state index contributed by atoms with van der Waals surface area (Å²) in [7, 11) is 0. The van der Waals surface area contributed by atoms with Crippen molar-refractivity contribution < 1.29 is 9.90 Å². The van der Waals surface area contributed by atoms with Crippen molar-refractivity contribution in [2.75, 3.05) is 23.3 Å². The number of rotatable bonds is 3. The zero-order valence-corrected chi connectivity index (χ0v) is 15.5. The number of benzene rings is 1. The van der Waals surface area contributed by atoms with Crippen molar-refractivity contribution in [3.05, 3.63) is 29.4 Å². The predicted octanol–water partition coefficient (Wildman–Crippen LogP) is 3.59. The highest BCUT2D eigenvalue weighted by atomic mass is 35.5. The van der Waals surface area contributed by atoms with Crippen LogP contribution in [0.25, 0.3) is 10.8 Å². The Kier molecular flexibility index (Phi) is 3.35. The van der Waals surface area contributed by atoms with Crippen molar-refractivity contribution in [1.82, 2.24) is 4.98 Å². The predicted molar refractivity (Wildman–Crippen MR) is 103 cm³/mol. The van der Waals surface area contributed by atoms with Gasteiger partial charge in [0.2, 0.25) is 5.91 Å². The minimum atomic E-state index is -0.500. The number of nitrogens with zero attached hydrogens (tertiary/aromatic N) is 2. The van der Waals surface area contributed by atoms with Crippen LogP contribution >= 0.6 is 11.6 Å². The van der Waals surface area contributed by atoms with Crippen molar-refractivity contribution >= 4 is 39.8 Å². The summed E-state index contributed by atoms with van der Waals surface area (Å²) in [5.41, 5.74) is 0.769. The lowest BCUT2D eigenvalue weighted by Crippen LogP contribution is -2.67. The van der Waals surface area contributed by atoms with Gasteiger partial charge < -0.3 is 15.3 Å². The molecule has 3 aliphatic rings. The van der Waals surface area contributed by atoms with Crippen LogP contribution in [0.5, 0.6) is 0 Å². The Bertz CT molecular complexity index is 907. The molecule has 2 heterocycles. The van der Waals surface area contributed by atoms with E-state index in [-0.39, 0.29) is 17.2 Å². The van der Waals surface area contributed by atoms with E-state index in [1.165, 1.54) is 0 Å². The molecule has 5 rings (SSSR count). The molecule has 0 unspecified atom stereocenters. The summed E-state index contributed by atoms with van der Waals surface area (Å²) in [6.07, 6.45) is 5.44. The van der Waals surface area contributed by atoms with Gasteiger partial charge in [-0.05, 0) is 56.2 Å². The molecule has 6 heteroatoms. The van der Waals surface area contributed by atoms with Gasteiger partial charge in [-0.2, -0.15) is 0 Å². The highest BCUT2D eigenvalue weighted by molar-refractivity contribution is 6.34. The maximum atomic E-state index is 12.0. The van der Waals surface area contributed by atoms with Crippen LogP contribution in [0, 0.1) is 11.3 Å². The lowest BCUT2D eigenvalue weighted by atomic mass is 9.56. The Hall–Kier alpha value is -1.85. The molecule has 2 aromatic rings. The summed E-state index contributed by atoms with van der Waals surface area (Å²) in [5.74, 6) is 0.816. The minimum absolute atomic E-state index is 0.0627.